The van der Waals surface area contributed by atoms with Crippen molar-refractivity contribution in [3.05, 3.63) is 72.2 Å². The van der Waals surface area contributed by atoms with E-state index < -0.39 is 11.9 Å². The first kappa shape index (κ1) is 23.6. The minimum absolute atomic E-state index is 0.0269. The van der Waals surface area contributed by atoms with Crippen molar-refractivity contribution >= 4 is 40.9 Å². The summed E-state index contributed by atoms with van der Waals surface area (Å²) in [6.07, 6.45) is 2.24. The lowest BCUT2D eigenvalue weighted by Crippen LogP contribution is -2.47. The predicted octanol–water partition coefficient (Wildman–Crippen LogP) is 5.19. The van der Waals surface area contributed by atoms with Crippen LogP contribution in [0.1, 0.15) is 48.1 Å². The largest absolute Gasteiger partial charge is 0.459 e. The Morgan fingerprint density at radius 1 is 1.06 bits per heavy atom. The van der Waals surface area contributed by atoms with Crippen molar-refractivity contribution in [2.24, 2.45) is 5.92 Å². The van der Waals surface area contributed by atoms with Crippen LogP contribution in [0.4, 0.5) is 11.4 Å². The van der Waals surface area contributed by atoms with Gasteiger partial charge in [0.2, 0.25) is 5.91 Å². The van der Waals surface area contributed by atoms with E-state index in [0.29, 0.717) is 17.8 Å². The van der Waals surface area contributed by atoms with Gasteiger partial charge in [0.15, 0.2) is 5.76 Å². The van der Waals surface area contributed by atoms with Crippen molar-refractivity contribution in [1.82, 2.24) is 5.32 Å². The molecule has 176 valence electrons. The highest BCUT2D eigenvalue weighted by Crippen LogP contribution is 2.42. The molecule has 0 bridgehead atoms. The van der Waals surface area contributed by atoms with Gasteiger partial charge in [0.1, 0.15) is 6.04 Å². The summed E-state index contributed by atoms with van der Waals surface area (Å²) in [5.41, 5.74) is 2.08. The van der Waals surface area contributed by atoms with E-state index in [9.17, 15) is 14.4 Å². The lowest BCUT2D eigenvalue weighted by atomic mass is 10.0. The Morgan fingerprint density at radius 3 is 2.56 bits per heavy atom. The van der Waals surface area contributed by atoms with Gasteiger partial charge in [-0.1, -0.05) is 44.7 Å². The van der Waals surface area contributed by atoms with Crippen molar-refractivity contribution in [2.45, 2.75) is 43.0 Å². The van der Waals surface area contributed by atoms with Gasteiger partial charge in [-0.25, -0.2) is 0 Å². The number of nitrogens with one attached hydrogen (secondary N) is 2. The molecule has 4 rings (SSSR count). The first-order valence-electron chi connectivity index (χ1n) is 11.3. The quantitative estimate of drug-likeness (QED) is 0.488. The molecule has 7 nitrogen and oxygen atoms in total. The van der Waals surface area contributed by atoms with E-state index in [1.165, 1.54) is 18.0 Å². The number of benzene rings is 2. The molecular formula is C26H27N3O4S. The molecule has 0 spiro atoms. The summed E-state index contributed by atoms with van der Waals surface area (Å²) in [6, 6.07) is 15.5. The van der Waals surface area contributed by atoms with Crippen LogP contribution in [0.15, 0.2) is 75.1 Å². The Balaban J connectivity index is 1.59. The molecule has 2 aromatic carbocycles. The van der Waals surface area contributed by atoms with Crippen LogP contribution in [0, 0.1) is 5.92 Å². The van der Waals surface area contributed by atoms with Crippen LogP contribution in [0.3, 0.4) is 0 Å². The second-order valence-electron chi connectivity index (χ2n) is 8.40. The van der Waals surface area contributed by atoms with Crippen LogP contribution in [-0.2, 0) is 4.79 Å². The summed E-state index contributed by atoms with van der Waals surface area (Å²) in [5, 5.41) is 5.68. The molecule has 3 amide bonds. The van der Waals surface area contributed by atoms with Crippen LogP contribution in [-0.4, -0.2) is 30.3 Å². The molecule has 0 aliphatic carbocycles. The number of hydrogen-bond acceptors (Lipinski definition) is 5. The number of hydrogen-bond donors (Lipinski definition) is 2. The number of carbonyl (C=O) groups is 3. The van der Waals surface area contributed by atoms with Crippen molar-refractivity contribution in [1.29, 1.82) is 0 Å². The zero-order valence-corrected chi connectivity index (χ0v) is 20.1. The smallest absolute Gasteiger partial charge is 0.287 e. The monoisotopic (exact) mass is 477 g/mol. The molecular weight excluding hydrogens is 450 g/mol. The van der Waals surface area contributed by atoms with E-state index in [-0.39, 0.29) is 23.5 Å². The molecule has 34 heavy (non-hydrogen) atoms. The molecule has 1 aliphatic heterocycles. The molecule has 1 unspecified atom stereocenters. The molecule has 1 atom stereocenters. The Morgan fingerprint density at radius 2 is 1.85 bits per heavy atom. The summed E-state index contributed by atoms with van der Waals surface area (Å²) < 4.78 is 5.14. The Kier molecular flexibility index (Phi) is 7.07. The molecule has 0 fully saturated rings. The topological polar surface area (TPSA) is 91.7 Å². The first-order valence-corrected chi connectivity index (χ1v) is 12.1. The second-order valence-corrected chi connectivity index (χ2v) is 9.48. The van der Waals surface area contributed by atoms with E-state index in [0.717, 1.165) is 21.9 Å². The number of furan rings is 1. The van der Waals surface area contributed by atoms with Crippen molar-refractivity contribution in [3.63, 3.8) is 0 Å². The van der Waals surface area contributed by atoms with E-state index in [1.54, 1.807) is 23.1 Å². The maximum absolute atomic E-state index is 13.2. The normalized spacial score (nSPS) is 13.6. The third-order valence-electron chi connectivity index (χ3n) is 5.53. The van der Waals surface area contributed by atoms with Crippen LogP contribution < -0.4 is 15.5 Å². The minimum atomic E-state index is -0.747. The molecule has 2 heterocycles. The summed E-state index contributed by atoms with van der Waals surface area (Å²) in [6.45, 7) is 6.37. The van der Waals surface area contributed by atoms with Gasteiger partial charge in [0, 0.05) is 22.0 Å². The number of nitrogens with zero attached hydrogens (tertiary/aromatic N) is 1. The van der Waals surface area contributed by atoms with E-state index in [4.69, 9.17) is 4.42 Å². The maximum atomic E-state index is 13.2. The summed E-state index contributed by atoms with van der Waals surface area (Å²) in [5.74, 6) is -0.782. The van der Waals surface area contributed by atoms with Crippen molar-refractivity contribution < 1.29 is 18.8 Å². The fraction of sp³-hybridized carbons (Fsp3) is 0.269. The van der Waals surface area contributed by atoms with Gasteiger partial charge in [0.25, 0.3) is 11.8 Å². The zero-order valence-electron chi connectivity index (χ0n) is 19.3. The Labute approximate surface area is 202 Å². The molecule has 0 saturated heterocycles. The van der Waals surface area contributed by atoms with E-state index in [2.05, 4.69) is 10.6 Å². The number of amides is 3. The van der Waals surface area contributed by atoms with Crippen molar-refractivity contribution in [3.8, 4) is 0 Å². The Hall–Kier alpha value is -3.52. The van der Waals surface area contributed by atoms with E-state index >= 15 is 0 Å². The standard InChI is InChI=1S/C26H27N3O4S/c1-4-13-29-19-12-11-17(15-22(19)34-21-10-6-5-8-18(21)26(29)32)27-25(31)23(16(2)3)28-24(30)20-9-7-14-33-20/h5-12,14-16,23H,4,13H2,1-3H3,(H,27,31)(H,28,30). The molecule has 1 aromatic heterocycles. The summed E-state index contributed by atoms with van der Waals surface area (Å²) in [7, 11) is 0. The highest BCUT2D eigenvalue weighted by atomic mass is 32.2. The van der Waals surface area contributed by atoms with Crippen LogP contribution in [0.5, 0.6) is 0 Å². The third kappa shape index (κ3) is 4.87. The first-order chi connectivity index (χ1) is 16.4. The molecule has 1 aliphatic rings. The van der Waals surface area contributed by atoms with Gasteiger partial charge in [-0.2, -0.15) is 0 Å². The summed E-state index contributed by atoms with van der Waals surface area (Å²) >= 11 is 1.51. The number of fused-ring (bicyclic) bond motifs is 2. The highest BCUT2D eigenvalue weighted by Gasteiger charge is 2.28. The molecule has 8 heteroatoms. The number of carbonyl (C=O) groups excluding carboxylic acids is 3. The molecule has 2 N–H and O–H groups in total. The zero-order chi connectivity index (χ0) is 24.2. The average molecular weight is 478 g/mol. The summed E-state index contributed by atoms with van der Waals surface area (Å²) in [4.78, 5) is 42.3. The van der Waals surface area contributed by atoms with Gasteiger partial charge >= 0.3 is 0 Å². The van der Waals surface area contributed by atoms with Crippen LogP contribution >= 0.6 is 11.8 Å². The fourth-order valence-corrected chi connectivity index (χ4v) is 4.94. The number of rotatable bonds is 7. The average Bonchev–Trinajstić information content (AvgIpc) is 3.33. The van der Waals surface area contributed by atoms with Crippen molar-refractivity contribution in [2.75, 3.05) is 16.8 Å². The highest BCUT2D eigenvalue weighted by molar-refractivity contribution is 7.99. The lowest BCUT2D eigenvalue weighted by Gasteiger charge is -2.24. The van der Waals surface area contributed by atoms with Crippen LogP contribution in [0.25, 0.3) is 0 Å². The predicted molar refractivity (Wildman–Crippen MR) is 132 cm³/mol. The molecule has 0 saturated carbocycles. The SMILES string of the molecule is CCCN1C(=O)c2ccccc2Sc2cc(NC(=O)C(NC(=O)c3ccco3)C(C)C)ccc21. The van der Waals surface area contributed by atoms with Gasteiger partial charge in [-0.15, -0.1) is 0 Å². The lowest BCUT2D eigenvalue weighted by molar-refractivity contribution is -0.118. The van der Waals surface area contributed by atoms with E-state index in [1.807, 2.05) is 57.2 Å². The molecule has 3 aromatic rings. The van der Waals surface area contributed by atoms with Gasteiger partial charge in [-0.3, -0.25) is 14.4 Å². The van der Waals surface area contributed by atoms with Gasteiger partial charge in [-0.05, 0) is 54.8 Å². The number of anilines is 2. The third-order valence-corrected chi connectivity index (χ3v) is 6.65. The minimum Gasteiger partial charge on any atom is -0.459 e. The van der Waals surface area contributed by atoms with Crippen LogP contribution in [0.2, 0.25) is 0 Å². The Bertz CT molecular complexity index is 1210. The molecule has 0 radical (unpaired) electrons. The van der Waals surface area contributed by atoms with Gasteiger partial charge < -0.3 is 20.0 Å². The van der Waals surface area contributed by atoms with Gasteiger partial charge in [0.05, 0.1) is 17.5 Å². The second kappa shape index (κ2) is 10.2. The fourth-order valence-electron chi connectivity index (χ4n) is 3.82. The maximum Gasteiger partial charge on any atom is 0.287 e.